The Labute approximate surface area is 311 Å². The summed E-state index contributed by atoms with van der Waals surface area (Å²) in [6.07, 6.45) is 11.4. The maximum absolute atomic E-state index is 13.2. The molecule has 2 amide bonds. The molecule has 0 aromatic heterocycles. The number of likely N-dealkylation sites (tertiary alicyclic amines) is 1. The van der Waals surface area contributed by atoms with Crippen LogP contribution in [0.1, 0.15) is 116 Å². The van der Waals surface area contributed by atoms with Gasteiger partial charge in [0.1, 0.15) is 6.04 Å². The van der Waals surface area contributed by atoms with E-state index < -0.39 is 11.6 Å². The first-order chi connectivity index (χ1) is 24.4. The molecule has 1 heterocycles. The van der Waals surface area contributed by atoms with Gasteiger partial charge in [-0.2, -0.15) is 0 Å². The third-order valence-corrected chi connectivity index (χ3v) is 8.79. The van der Waals surface area contributed by atoms with Gasteiger partial charge in [-0.1, -0.05) is 87.1 Å². The summed E-state index contributed by atoms with van der Waals surface area (Å²) in [6.45, 7) is 26.7. The van der Waals surface area contributed by atoms with Gasteiger partial charge >= 0.3 is 0 Å². The van der Waals surface area contributed by atoms with Crippen LogP contribution in [0.15, 0.2) is 60.3 Å². The van der Waals surface area contributed by atoms with Crippen LogP contribution in [0.5, 0.6) is 0 Å². The van der Waals surface area contributed by atoms with Crippen LogP contribution in [0.2, 0.25) is 0 Å². The lowest BCUT2D eigenvalue weighted by atomic mass is 9.85. The molecule has 0 radical (unpaired) electrons. The molecule has 2 aliphatic rings. The molecule has 0 saturated carbocycles. The average molecular weight is 713 g/mol. The third kappa shape index (κ3) is 15.6. The summed E-state index contributed by atoms with van der Waals surface area (Å²) in [5.74, 6) is 0.401. The van der Waals surface area contributed by atoms with Crippen LogP contribution in [0.25, 0.3) is 0 Å². The van der Waals surface area contributed by atoms with Crippen LogP contribution in [0, 0.1) is 0 Å². The summed E-state index contributed by atoms with van der Waals surface area (Å²) in [5.41, 5.74) is 10.0. The van der Waals surface area contributed by atoms with E-state index in [0.29, 0.717) is 30.9 Å². The quantitative estimate of drug-likeness (QED) is 0.0817. The number of aryl methyl sites for hydroxylation is 1. The Morgan fingerprint density at radius 2 is 1.73 bits per heavy atom. The van der Waals surface area contributed by atoms with E-state index in [9.17, 15) is 14.7 Å². The molecule has 0 spiro atoms. The first-order valence-corrected chi connectivity index (χ1v) is 19.0. The molecule has 10 nitrogen and oxygen atoms in total. The molecule has 10 heteroatoms. The molecule has 290 valence electrons. The lowest BCUT2D eigenvalue weighted by Crippen LogP contribution is -2.90. The van der Waals surface area contributed by atoms with Gasteiger partial charge in [0, 0.05) is 43.9 Å². The van der Waals surface area contributed by atoms with Crippen LogP contribution in [0.3, 0.4) is 0 Å². The Balaban J connectivity index is 0. The van der Waals surface area contributed by atoms with E-state index >= 15 is 0 Å². The SMILES string of the molecule is C=C(/C=C\C(CC)=NC)C(=O)NC.C=CNCC([NH+]=C(N)CC)C1(C)C(O)C(NC(=O)c2cccc3c2CCCC3)CN1C.CC.CC.CCC. The molecule has 4 unspecified atom stereocenters. The van der Waals surface area contributed by atoms with Crippen LogP contribution < -0.4 is 26.7 Å². The second-order valence-corrected chi connectivity index (χ2v) is 12.2. The number of nitrogens with zero attached hydrogens (tertiary/aromatic N) is 2. The molecule has 1 aromatic carbocycles. The standard InChI is InChI=1S/C24H37N5O2.C10H16N2O.C3H8.2C2H6/c1-5-21(25)28-20(14-26-6-2)24(3)22(30)19(15-29(24)4)27-23(31)18-13-9-11-16-10-7-8-12-17(16)18;1-5-9(11-3)7-6-8(2)10(13)12-4;1-3-2;2*1-2/h6,9,11,13,19-20,22,26,30H,2,5,7-8,10,12,14-15H2,1,3-4H3,(H2,25,28)(H,27,31);6-7H,2,5H2,1,3-4H3,(H,12,13);3H2,1-2H3;2*1-2H3/p+1/b;7-6-,11-9?;;;. The predicted octanol–water partition coefficient (Wildman–Crippen LogP) is 4.47. The molecule has 3 rings (SSSR count). The Hall–Kier alpha value is -3.76. The highest BCUT2D eigenvalue weighted by atomic mass is 16.3. The van der Waals surface area contributed by atoms with Crippen LogP contribution >= 0.6 is 0 Å². The number of likely N-dealkylation sites (N-methyl/N-ethyl adjacent to an activating group) is 2. The molecule has 7 N–H and O–H groups in total. The van der Waals surface area contributed by atoms with Gasteiger partial charge in [0.05, 0.1) is 24.2 Å². The van der Waals surface area contributed by atoms with E-state index in [4.69, 9.17) is 5.73 Å². The van der Waals surface area contributed by atoms with E-state index in [0.717, 1.165) is 42.5 Å². The number of aliphatic imine (C=N–C) groups is 1. The molecule has 1 aliphatic carbocycles. The number of hydrogen-bond acceptors (Lipinski definition) is 6. The Morgan fingerprint density at radius 3 is 2.25 bits per heavy atom. The number of fused-ring (bicyclic) bond motifs is 1. The highest BCUT2D eigenvalue weighted by Crippen LogP contribution is 2.31. The van der Waals surface area contributed by atoms with Crippen molar-refractivity contribution in [2.45, 2.75) is 131 Å². The fourth-order valence-electron chi connectivity index (χ4n) is 5.78. The van der Waals surface area contributed by atoms with Crippen molar-refractivity contribution in [3.8, 4) is 0 Å². The number of allylic oxidation sites excluding steroid dienone is 1. The van der Waals surface area contributed by atoms with Crippen molar-refractivity contribution in [1.29, 1.82) is 0 Å². The largest absolute Gasteiger partial charge is 0.389 e. The number of hydrogen-bond donors (Lipinski definition) is 6. The van der Waals surface area contributed by atoms with Gasteiger partial charge in [-0.05, 0) is 81.6 Å². The van der Waals surface area contributed by atoms with Crippen molar-refractivity contribution in [2.75, 3.05) is 34.2 Å². The number of benzene rings is 1. The van der Waals surface area contributed by atoms with Crippen LogP contribution in [0.4, 0.5) is 0 Å². The van der Waals surface area contributed by atoms with Gasteiger partial charge in [0.2, 0.25) is 11.7 Å². The lowest BCUT2D eigenvalue weighted by Gasteiger charge is -2.39. The summed E-state index contributed by atoms with van der Waals surface area (Å²) in [6, 6.07) is 5.44. The molecular weight excluding hydrogens is 638 g/mol. The van der Waals surface area contributed by atoms with E-state index in [1.165, 1.54) is 18.4 Å². The Morgan fingerprint density at radius 1 is 1.12 bits per heavy atom. The first-order valence-electron chi connectivity index (χ1n) is 19.0. The topological polar surface area (TPSA) is 146 Å². The van der Waals surface area contributed by atoms with Gasteiger partial charge in [0.15, 0.2) is 0 Å². The summed E-state index contributed by atoms with van der Waals surface area (Å²) >= 11 is 0. The number of rotatable bonds is 12. The normalized spacial score (nSPS) is 20.3. The molecule has 1 aromatic rings. The highest BCUT2D eigenvalue weighted by Gasteiger charge is 2.54. The molecule has 1 aliphatic heterocycles. The van der Waals surface area contributed by atoms with Gasteiger partial charge in [-0.25, -0.2) is 0 Å². The number of amidine groups is 1. The van der Waals surface area contributed by atoms with Gasteiger partial charge in [0.25, 0.3) is 5.91 Å². The lowest BCUT2D eigenvalue weighted by molar-refractivity contribution is -0.522. The fraction of sp³-hybridized carbons (Fsp3) is 0.610. The Bertz CT molecular complexity index is 1270. The summed E-state index contributed by atoms with van der Waals surface area (Å²) in [5, 5.41) is 20.1. The predicted molar refractivity (Wildman–Crippen MR) is 218 cm³/mol. The zero-order chi connectivity index (χ0) is 39.6. The molecule has 0 bridgehead atoms. The van der Waals surface area contributed by atoms with Crippen LogP contribution in [-0.2, 0) is 17.6 Å². The van der Waals surface area contributed by atoms with Crippen LogP contribution in [-0.4, -0.2) is 91.3 Å². The van der Waals surface area contributed by atoms with Crippen molar-refractivity contribution in [1.82, 2.24) is 20.9 Å². The van der Waals surface area contributed by atoms with Crippen molar-refractivity contribution in [2.24, 2.45) is 10.7 Å². The van der Waals surface area contributed by atoms with Gasteiger partial charge < -0.3 is 21.1 Å². The number of aliphatic hydroxyl groups excluding tert-OH is 1. The van der Waals surface area contributed by atoms with E-state index in [2.05, 4.69) is 63.9 Å². The summed E-state index contributed by atoms with van der Waals surface area (Å²) in [7, 11) is 5.28. The van der Waals surface area contributed by atoms with E-state index in [1.54, 1.807) is 32.4 Å². The molecule has 1 saturated heterocycles. The second-order valence-electron chi connectivity index (χ2n) is 12.2. The molecule has 51 heavy (non-hydrogen) atoms. The van der Waals surface area contributed by atoms with Crippen molar-refractivity contribution in [3.63, 3.8) is 0 Å². The number of carbonyl (C=O) groups excluding carboxylic acids is 2. The van der Waals surface area contributed by atoms with Crippen molar-refractivity contribution >= 4 is 23.4 Å². The minimum absolute atomic E-state index is 0.103. The first kappa shape index (κ1) is 49.4. The number of carbonyl (C=O) groups is 2. The van der Waals surface area contributed by atoms with E-state index in [-0.39, 0.29) is 23.9 Å². The van der Waals surface area contributed by atoms with Gasteiger partial charge in [-0.15, -0.1) is 0 Å². The number of nitrogens with one attached hydrogen (secondary N) is 4. The van der Waals surface area contributed by atoms with Crippen molar-refractivity contribution in [3.05, 3.63) is 72.0 Å². The maximum Gasteiger partial charge on any atom is 0.251 e. The van der Waals surface area contributed by atoms with Crippen molar-refractivity contribution < 1.29 is 19.7 Å². The Kier molecular flexibility index (Phi) is 27.0. The minimum Gasteiger partial charge on any atom is -0.389 e. The average Bonchev–Trinajstić information content (AvgIpc) is 3.38. The third-order valence-electron chi connectivity index (χ3n) is 8.79. The molecule has 4 atom stereocenters. The summed E-state index contributed by atoms with van der Waals surface area (Å²) < 4.78 is 0. The second kappa shape index (κ2) is 27.9. The highest BCUT2D eigenvalue weighted by molar-refractivity contribution is 6.00. The number of aliphatic hydroxyl groups is 1. The number of nitrogens with two attached hydrogens (primary N) is 1. The van der Waals surface area contributed by atoms with Gasteiger partial charge in [-0.3, -0.25) is 30.2 Å². The molecular formula is C41H74N7O3+. The van der Waals surface area contributed by atoms with E-state index in [1.807, 2.05) is 67.6 Å². The monoisotopic (exact) mass is 713 g/mol. The minimum atomic E-state index is -0.769. The smallest absolute Gasteiger partial charge is 0.251 e. The maximum atomic E-state index is 13.2. The zero-order valence-corrected chi connectivity index (χ0v) is 34.2. The summed E-state index contributed by atoms with van der Waals surface area (Å²) in [4.78, 5) is 33.7. The zero-order valence-electron chi connectivity index (χ0n) is 34.2. The molecule has 1 fully saturated rings. The fourth-order valence-corrected chi connectivity index (χ4v) is 5.78. The number of amides is 2.